The van der Waals surface area contributed by atoms with Crippen molar-refractivity contribution in [2.45, 2.75) is 56.5 Å². The van der Waals surface area contributed by atoms with Crippen molar-refractivity contribution in [3.8, 4) is 0 Å². The molecule has 0 bridgehead atoms. The first-order valence-corrected chi connectivity index (χ1v) is 10.6. The lowest BCUT2D eigenvalue weighted by molar-refractivity contribution is -0.137. The number of rotatable bonds is 4. The minimum Gasteiger partial charge on any atom is -0.483 e. The molecule has 2 aromatic carbocycles. The average molecular weight is 451 g/mol. The third-order valence-electron chi connectivity index (χ3n) is 6.06. The Bertz CT molecular complexity index is 939. The Hall–Kier alpha value is -2.90. The predicted octanol–water partition coefficient (Wildman–Crippen LogP) is 6.34. The molecule has 2 fully saturated rings. The van der Waals surface area contributed by atoms with Crippen LogP contribution in [-0.2, 0) is 15.8 Å². The second-order valence-corrected chi connectivity index (χ2v) is 8.29. The summed E-state index contributed by atoms with van der Waals surface area (Å²) >= 11 is 0. The molecule has 0 heterocycles. The van der Waals surface area contributed by atoms with E-state index in [1.165, 1.54) is 24.0 Å². The van der Waals surface area contributed by atoms with Crippen LogP contribution in [0.2, 0.25) is 0 Å². The summed E-state index contributed by atoms with van der Waals surface area (Å²) in [7, 11) is 0. The van der Waals surface area contributed by atoms with Gasteiger partial charge in [0.2, 0.25) is 5.91 Å². The molecule has 2 unspecified atom stereocenters. The summed E-state index contributed by atoms with van der Waals surface area (Å²) < 4.78 is 52.1. The molecule has 0 aromatic heterocycles. The normalized spacial score (nSPS) is 20.6. The number of halogens is 4. The summed E-state index contributed by atoms with van der Waals surface area (Å²) in [6.07, 6.45) is 1.15. The number of hydrogen-bond donors (Lipinski definition) is 2. The van der Waals surface area contributed by atoms with E-state index in [0.29, 0.717) is 24.8 Å². The van der Waals surface area contributed by atoms with Gasteiger partial charge in [-0.3, -0.25) is 9.59 Å². The van der Waals surface area contributed by atoms with E-state index in [-0.39, 0.29) is 29.9 Å². The molecular formula is C24H25F4NO3. The van der Waals surface area contributed by atoms with E-state index in [9.17, 15) is 22.4 Å². The van der Waals surface area contributed by atoms with Gasteiger partial charge in [0.05, 0.1) is 11.3 Å². The van der Waals surface area contributed by atoms with Crippen LogP contribution in [0.5, 0.6) is 0 Å². The number of benzene rings is 2. The summed E-state index contributed by atoms with van der Waals surface area (Å²) in [6.45, 7) is -0.250. The zero-order chi connectivity index (χ0) is 23.3. The van der Waals surface area contributed by atoms with Crippen LogP contribution in [0, 0.1) is 11.7 Å². The third kappa shape index (κ3) is 6.08. The lowest BCUT2D eigenvalue weighted by atomic mass is 9.77. The zero-order valence-corrected chi connectivity index (χ0v) is 17.4. The zero-order valence-electron chi connectivity index (χ0n) is 17.4. The molecule has 2 aromatic rings. The maximum atomic E-state index is 14.0. The largest absolute Gasteiger partial charge is 0.483 e. The van der Waals surface area contributed by atoms with Crippen LogP contribution in [0.1, 0.15) is 67.1 Å². The molecule has 8 heteroatoms. The lowest BCUT2D eigenvalue weighted by Gasteiger charge is -2.29. The van der Waals surface area contributed by atoms with E-state index < -0.39 is 17.6 Å². The minimum absolute atomic E-state index is 0.209. The number of alkyl halides is 3. The number of amides is 1. The van der Waals surface area contributed by atoms with Crippen LogP contribution in [0.15, 0.2) is 42.5 Å². The predicted molar refractivity (Wildman–Crippen MR) is 112 cm³/mol. The van der Waals surface area contributed by atoms with Crippen LogP contribution < -0.4 is 5.32 Å². The van der Waals surface area contributed by atoms with Crippen LogP contribution in [0.4, 0.5) is 23.2 Å². The summed E-state index contributed by atoms with van der Waals surface area (Å²) in [5, 5.41) is 9.37. The Morgan fingerprint density at radius 2 is 1.56 bits per heavy atom. The SMILES string of the molecule is O=C(Nc1ccc(C(F)(F)F)cc1F)C1CCCC(c2ccc(C3CC3)cc2)C1.O=CO. The van der Waals surface area contributed by atoms with Gasteiger partial charge >= 0.3 is 6.18 Å². The Kier molecular flexibility index (Phi) is 7.53. The standard InChI is InChI=1S/C23H23F4NO.CH2O2/c24-20-13-19(23(25,26)27)10-11-21(20)28-22(29)18-3-1-2-17(12-18)16-8-6-15(7-9-16)14-4-5-14;2-1-3/h6-11,13-14,17-18H,1-5,12H2,(H,28,29);1H,(H,2,3). The van der Waals surface area contributed by atoms with E-state index in [1.54, 1.807) is 0 Å². The molecule has 4 nitrogen and oxygen atoms in total. The minimum atomic E-state index is -4.62. The molecule has 0 saturated heterocycles. The van der Waals surface area contributed by atoms with Crippen molar-refractivity contribution in [3.05, 3.63) is 65.0 Å². The Labute approximate surface area is 183 Å². The number of carbonyl (C=O) groups excluding carboxylic acids is 1. The average Bonchev–Trinajstić information content (AvgIpc) is 3.61. The first-order valence-electron chi connectivity index (χ1n) is 10.6. The number of carboxylic acid groups (broad SMARTS) is 1. The number of anilines is 1. The first kappa shape index (κ1) is 23.8. The number of hydrogen-bond acceptors (Lipinski definition) is 2. The van der Waals surface area contributed by atoms with Gasteiger partial charge < -0.3 is 10.4 Å². The van der Waals surface area contributed by atoms with Crippen molar-refractivity contribution < 1.29 is 32.3 Å². The van der Waals surface area contributed by atoms with Gasteiger partial charge in [-0.05, 0) is 73.3 Å². The van der Waals surface area contributed by atoms with Crippen molar-refractivity contribution in [2.24, 2.45) is 5.92 Å². The van der Waals surface area contributed by atoms with Gasteiger partial charge in [-0.25, -0.2) is 4.39 Å². The first-order chi connectivity index (χ1) is 15.2. The van der Waals surface area contributed by atoms with Gasteiger partial charge in [0.25, 0.3) is 6.47 Å². The second-order valence-electron chi connectivity index (χ2n) is 8.29. The fourth-order valence-corrected chi connectivity index (χ4v) is 4.22. The third-order valence-corrected chi connectivity index (χ3v) is 6.06. The molecule has 0 radical (unpaired) electrons. The molecule has 32 heavy (non-hydrogen) atoms. The van der Waals surface area contributed by atoms with Crippen LogP contribution >= 0.6 is 0 Å². The Morgan fingerprint density at radius 3 is 2.09 bits per heavy atom. The molecule has 172 valence electrons. The van der Waals surface area contributed by atoms with Crippen molar-refractivity contribution in [2.75, 3.05) is 5.32 Å². The molecule has 0 aliphatic heterocycles. The van der Waals surface area contributed by atoms with Crippen LogP contribution in [-0.4, -0.2) is 17.5 Å². The van der Waals surface area contributed by atoms with E-state index in [4.69, 9.17) is 9.90 Å². The fraction of sp³-hybridized carbons (Fsp3) is 0.417. The van der Waals surface area contributed by atoms with Crippen molar-refractivity contribution in [3.63, 3.8) is 0 Å². The van der Waals surface area contributed by atoms with Crippen molar-refractivity contribution in [1.29, 1.82) is 0 Å². The van der Waals surface area contributed by atoms with Gasteiger partial charge in [0.1, 0.15) is 5.82 Å². The highest BCUT2D eigenvalue weighted by Gasteiger charge is 2.32. The number of carbonyl (C=O) groups is 2. The van der Waals surface area contributed by atoms with Gasteiger partial charge in [0, 0.05) is 5.92 Å². The Morgan fingerprint density at radius 1 is 0.969 bits per heavy atom. The second kappa shape index (κ2) is 10.1. The lowest BCUT2D eigenvalue weighted by Crippen LogP contribution is -2.28. The molecule has 1 amide bonds. The van der Waals surface area contributed by atoms with E-state index in [0.717, 1.165) is 25.0 Å². The fourth-order valence-electron chi connectivity index (χ4n) is 4.22. The monoisotopic (exact) mass is 451 g/mol. The summed E-state index contributed by atoms with van der Waals surface area (Å²) in [6, 6.07) is 10.8. The highest BCUT2D eigenvalue weighted by atomic mass is 19.4. The maximum absolute atomic E-state index is 14.0. The van der Waals surface area contributed by atoms with Gasteiger partial charge in [-0.15, -0.1) is 0 Å². The molecule has 2 saturated carbocycles. The number of nitrogens with one attached hydrogen (secondary N) is 1. The van der Waals surface area contributed by atoms with Crippen LogP contribution in [0.25, 0.3) is 0 Å². The quantitative estimate of drug-likeness (QED) is 0.421. The Balaban J connectivity index is 0.000000913. The summed E-state index contributed by atoms with van der Waals surface area (Å²) in [4.78, 5) is 21.0. The highest BCUT2D eigenvalue weighted by Crippen LogP contribution is 2.42. The smallest absolute Gasteiger partial charge is 0.416 e. The molecular weight excluding hydrogens is 426 g/mol. The van der Waals surface area contributed by atoms with Gasteiger partial charge in [-0.1, -0.05) is 30.7 Å². The molecule has 2 aliphatic carbocycles. The summed E-state index contributed by atoms with van der Waals surface area (Å²) in [5.41, 5.74) is 1.31. The molecule has 4 rings (SSSR count). The van der Waals surface area contributed by atoms with Crippen molar-refractivity contribution in [1.82, 2.24) is 0 Å². The molecule has 0 spiro atoms. The molecule has 2 aliphatic rings. The molecule has 2 N–H and O–H groups in total. The summed E-state index contributed by atoms with van der Waals surface area (Å²) in [5.74, 6) is -0.713. The van der Waals surface area contributed by atoms with Crippen LogP contribution in [0.3, 0.4) is 0 Å². The topological polar surface area (TPSA) is 66.4 Å². The highest BCUT2D eigenvalue weighted by molar-refractivity contribution is 5.92. The van der Waals surface area contributed by atoms with Crippen molar-refractivity contribution >= 4 is 18.1 Å². The van der Waals surface area contributed by atoms with Gasteiger partial charge in [0.15, 0.2) is 0 Å². The van der Waals surface area contributed by atoms with E-state index in [2.05, 4.69) is 29.6 Å². The molecule has 2 atom stereocenters. The maximum Gasteiger partial charge on any atom is 0.416 e. The van der Waals surface area contributed by atoms with Gasteiger partial charge in [-0.2, -0.15) is 13.2 Å². The van der Waals surface area contributed by atoms with E-state index in [1.807, 2.05) is 0 Å². The van der Waals surface area contributed by atoms with E-state index >= 15 is 0 Å².